The summed E-state index contributed by atoms with van der Waals surface area (Å²) in [6.45, 7) is 0. The van der Waals surface area contributed by atoms with E-state index in [2.05, 4.69) is 0 Å². The molecule has 1 saturated carbocycles. The van der Waals surface area contributed by atoms with Crippen LogP contribution >= 0.6 is 0 Å². The van der Waals surface area contributed by atoms with Crippen molar-refractivity contribution >= 4 is 5.78 Å². The molecule has 1 unspecified atom stereocenters. The van der Waals surface area contributed by atoms with E-state index in [9.17, 15) is 35.5 Å². The molecule has 1 nitrogen and oxygen atoms in total. The van der Waals surface area contributed by atoms with Crippen LogP contribution in [0.4, 0.5) is 30.7 Å². The number of Topliss-reactive ketones (excluding diaryl/α,β-unsaturated/α-hetero) is 1. The molecule has 1 rings (SSSR count). The number of hydrogen-bond acceptors (Lipinski definition) is 1. The van der Waals surface area contributed by atoms with Gasteiger partial charge in [0.2, 0.25) is 12.0 Å². The Balaban J connectivity index is 3.31. The number of halogens is 7. The molecule has 0 bridgehead atoms. The maximum absolute atomic E-state index is 12.0. The molecule has 0 aliphatic heterocycles. The van der Waals surface area contributed by atoms with E-state index in [-0.39, 0.29) is 0 Å². The predicted octanol–water partition coefficient (Wildman–Crippen LogP) is 1.81. The van der Waals surface area contributed by atoms with Crippen LogP contribution in [-0.2, 0) is 4.79 Å². The molecule has 0 radical (unpaired) electrons. The van der Waals surface area contributed by atoms with Gasteiger partial charge in [-0.25, -0.2) is 4.39 Å². The summed E-state index contributed by atoms with van der Waals surface area (Å²) in [5.41, 5.74) is 0. The van der Waals surface area contributed by atoms with Gasteiger partial charge in [-0.05, 0) is 0 Å². The normalized spacial score (nSPS) is 35.0. The Morgan fingerprint density at radius 2 is 1.38 bits per heavy atom. The van der Waals surface area contributed by atoms with E-state index in [1.807, 2.05) is 0 Å². The third-order valence-electron chi connectivity index (χ3n) is 1.67. The summed E-state index contributed by atoms with van der Waals surface area (Å²) in [6.07, 6.45) is -4.16. The Labute approximate surface area is 66.5 Å². The largest absolute Gasteiger partial charge is 0.382 e. The third kappa shape index (κ3) is 0.856. The van der Waals surface area contributed by atoms with E-state index in [1.54, 1.807) is 0 Å². The summed E-state index contributed by atoms with van der Waals surface area (Å²) >= 11 is 0. The predicted molar refractivity (Wildman–Crippen MR) is 24.7 cm³/mol. The second-order valence-corrected chi connectivity index (χ2v) is 2.50. The molecule has 0 aromatic carbocycles. The molecule has 1 fully saturated rings. The molecule has 1 aliphatic carbocycles. The highest BCUT2D eigenvalue weighted by atomic mass is 19.3. The first-order valence-electron chi connectivity index (χ1n) is 2.88. The van der Waals surface area contributed by atoms with Crippen LogP contribution in [0.1, 0.15) is 0 Å². The minimum atomic E-state index is -5.96. The fourth-order valence-corrected chi connectivity index (χ4v) is 0.847. The lowest BCUT2D eigenvalue weighted by Crippen LogP contribution is -2.48. The van der Waals surface area contributed by atoms with Crippen LogP contribution in [0.25, 0.3) is 0 Å². The summed E-state index contributed by atoms with van der Waals surface area (Å²) in [5.74, 6) is -20.3. The molecule has 0 spiro atoms. The Morgan fingerprint density at radius 3 is 1.46 bits per heavy atom. The minimum Gasteiger partial charge on any atom is -0.289 e. The molecular weight excluding hydrogens is 209 g/mol. The van der Waals surface area contributed by atoms with Crippen LogP contribution in [0.3, 0.4) is 0 Å². The molecule has 1 atom stereocenters. The zero-order valence-electron chi connectivity index (χ0n) is 5.63. The first-order chi connectivity index (χ1) is 5.57. The number of ketones is 1. The van der Waals surface area contributed by atoms with Crippen molar-refractivity contribution in [2.45, 2.75) is 23.9 Å². The number of hydrogen-bond donors (Lipinski definition) is 0. The Morgan fingerprint density at radius 1 is 1.00 bits per heavy atom. The van der Waals surface area contributed by atoms with Gasteiger partial charge in [-0.15, -0.1) is 0 Å². The van der Waals surface area contributed by atoms with E-state index < -0.39 is 29.7 Å². The monoisotopic (exact) mass is 210 g/mol. The van der Waals surface area contributed by atoms with Gasteiger partial charge in [-0.3, -0.25) is 4.79 Å². The van der Waals surface area contributed by atoms with Gasteiger partial charge in [0.05, 0.1) is 0 Å². The molecule has 1 aliphatic rings. The van der Waals surface area contributed by atoms with Gasteiger partial charge in [0.1, 0.15) is 0 Å². The van der Waals surface area contributed by atoms with Crippen LogP contribution in [-0.4, -0.2) is 29.7 Å². The average molecular weight is 210 g/mol. The van der Waals surface area contributed by atoms with Gasteiger partial charge >= 0.3 is 17.8 Å². The standard InChI is InChI=1S/C5HF7O/c6-1-2(13)4(9,10)5(11,12)3(1,7)8/h1H. The van der Waals surface area contributed by atoms with Crippen molar-refractivity contribution in [3.63, 3.8) is 0 Å². The maximum Gasteiger partial charge on any atom is 0.382 e. The smallest absolute Gasteiger partial charge is 0.289 e. The number of carbonyl (C=O) groups is 1. The summed E-state index contributed by atoms with van der Waals surface area (Å²) < 4.78 is 84.3. The Hall–Kier alpha value is -0.820. The number of carbonyl (C=O) groups excluding carboxylic acids is 1. The quantitative estimate of drug-likeness (QED) is 0.557. The van der Waals surface area contributed by atoms with Crippen molar-refractivity contribution in [3.8, 4) is 0 Å². The van der Waals surface area contributed by atoms with Gasteiger partial charge in [-0.1, -0.05) is 0 Å². The minimum absolute atomic E-state index is 3.08. The molecule has 0 amide bonds. The van der Waals surface area contributed by atoms with E-state index >= 15 is 0 Å². The summed E-state index contributed by atoms with van der Waals surface area (Å²) in [6, 6.07) is 0. The van der Waals surface area contributed by atoms with Crippen molar-refractivity contribution < 1.29 is 35.5 Å². The lowest BCUT2D eigenvalue weighted by Gasteiger charge is -2.21. The zero-order chi connectivity index (χ0) is 10.7. The molecule has 0 aromatic heterocycles. The highest BCUT2D eigenvalue weighted by Gasteiger charge is 2.86. The SMILES string of the molecule is O=C1C(F)C(F)(F)C(F)(F)C1(F)F. The molecule has 0 aromatic rings. The third-order valence-corrected chi connectivity index (χ3v) is 1.67. The van der Waals surface area contributed by atoms with Crippen LogP contribution in [0.5, 0.6) is 0 Å². The van der Waals surface area contributed by atoms with Crippen LogP contribution in [0.15, 0.2) is 0 Å². The Kier molecular flexibility index (Phi) is 1.70. The molecular formula is C5HF7O. The van der Waals surface area contributed by atoms with Crippen molar-refractivity contribution in [1.82, 2.24) is 0 Å². The maximum atomic E-state index is 12.0. The molecule has 13 heavy (non-hydrogen) atoms. The highest BCUT2D eigenvalue weighted by molar-refractivity contribution is 5.95. The topological polar surface area (TPSA) is 17.1 Å². The first kappa shape index (κ1) is 10.3. The van der Waals surface area contributed by atoms with E-state index in [1.165, 1.54) is 0 Å². The van der Waals surface area contributed by atoms with Crippen LogP contribution < -0.4 is 0 Å². The van der Waals surface area contributed by atoms with Crippen LogP contribution in [0.2, 0.25) is 0 Å². The van der Waals surface area contributed by atoms with Gasteiger partial charge in [0.15, 0.2) is 0 Å². The van der Waals surface area contributed by atoms with Gasteiger partial charge in [0, 0.05) is 0 Å². The molecule has 0 saturated heterocycles. The number of rotatable bonds is 0. The summed E-state index contributed by atoms with van der Waals surface area (Å²) in [4.78, 5) is 9.97. The fraction of sp³-hybridized carbons (Fsp3) is 0.800. The van der Waals surface area contributed by atoms with E-state index in [0.717, 1.165) is 0 Å². The van der Waals surface area contributed by atoms with Crippen molar-refractivity contribution in [1.29, 1.82) is 0 Å². The highest BCUT2D eigenvalue weighted by Crippen LogP contribution is 2.55. The number of alkyl halides is 7. The first-order valence-corrected chi connectivity index (χ1v) is 2.88. The average Bonchev–Trinajstić information content (AvgIpc) is 2.05. The lowest BCUT2D eigenvalue weighted by molar-refractivity contribution is -0.274. The zero-order valence-corrected chi connectivity index (χ0v) is 5.63. The second kappa shape index (κ2) is 2.16. The molecule has 76 valence electrons. The van der Waals surface area contributed by atoms with Crippen molar-refractivity contribution in [3.05, 3.63) is 0 Å². The summed E-state index contributed by atoms with van der Waals surface area (Å²) in [5, 5.41) is 0. The van der Waals surface area contributed by atoms with E-state index in [4.69, 9.17) is 0 Å². The van der Waals surface area contributed by atoms with Crippen molar-refractivity contribution in [2.24, 2.45) is 0 Å². The second-order valence-electron chi connectivity index (χ2n) is 2.50. The summed E-state index contributed by atoms with van der Waals surface area (Å²) in [7, 11) is 0. The van der Waals surface area contributed by atoms with Gasteiger partial charge < -0.3 is 0 Å². The van der Waals surface area contributed by atoms with Gasteiger partial charge in [0.25, 0.3) is 0 Å². The Bertz CT molecular complexity index is 258. The molecule has 0 N–H and O–H groups in total. The van der Waals surface area contributed by atoms with Crippen LogP contribution in [0, 0.1) is 0 Å². The van der Waals surface area contributed by atoms with E-state index in [0.29, 0.717) is 0 Å². The van der Waals surface area contributed by atoms with Crippen molar-refractivity contribution in [2.75, 3.05) is 0 Å². The molecule has 0 heterocycles. The van der Waals surface area contributed by atoms with Gasteiger partial charge in [-0.2, -0.15) is 26.3 Å². The fourth-order valence-electron chi connectivity index (χ4n) is 0.847. The molecule has 8 heteroatoms. The lowest BCUT2D eigenvalue weighted by atomic mass is 10.2.